The van der Waals surface area contributed by atoms with Crippen LogP contribution in [0.15, 0.2) is 40.6 Å². The summed E-state index contributed by atoms with van der Waals surface area (Å²) in [5, 5.41) is 2.82. The van der Waals surface area contributed by atoms with Gasteiger partial charge in [-0.15, -0.1) is 11.3 Å². The van der Waals surface area contributed by atoms with Crippen molar-refractivity contribution in [2.45, 2.75) is 43.9 Å². The van der Waals surface area contributed by atoms with E-state index in [4.69, 9.17) is 0 Å². The quantitative estimate of drug-likeness (QED) is 0.790. The molecule has 1 aromatic carbocycles. The number of carbonyl (C=O) groups is 1. The molecule has 0 radical (unpaired) electrons. The molecule has 0 bridgehead atoms. The van der Waals surface area contributed by atoms with Crippen molar-refractivity contribution < 1.29 is 13.2 Å². The largest absolute Gasteiger partial charge is 0.354 e. The fourth-order valence-corrected chi connectivity index (χ4v) is 4.50. The molecular weight excluding hydrogens is 344 g/mol. The molecule has 0 saturated heterocycles. The molecule has 2 rings (SSSR count). The molecule has 24 heavy (non-hydrogen) atoms. The summed E-state index contributed by atoms with van der Waals surface area (Å²) >= 11 is 1.27. The average Bonchev–Trinajstić information content (AvgIpc) is 2.98. The summed E-state index contributed by atoms with van der Waals surface area (Å²) in [6, 6.07) is 10.4. The van der Waals surface area contributed by atoms with Crippen LogP contribution in [-0.4, -0.2) is 20.4 Å². The van der Waals surface area contributed by atoms with Crippen molar-refractivity contribution in [3.8, 4) is 0 Å². The minimum Gasteiger partial charge on any atom is -0.354 e. The molecule has 0 fully saturated rings. The van der Waals surface area contributed by atoms with Gasteiger partial charge in [-0.05, 0) is 50.1 Å². The molecule has 0 atom stereocenters. The Morgan fingerprint density at radius 2 is 1.79 bits per heavy atom. The maximum atomic E-state index is 12.4. The summed E-state index contributed by atoms with van der Waals surface area (Å²) in [6.45, 7) is 5.80. The summed E-state index contributed by atoms with van der Waals surface area (Å²) in [7, 11) is -3.57. The molecule has 0 aliphatic heterocycles. The molecule has 0 spiro atoms. The van der Waals surface area contributed by atoms with Gasteiger partial charge in [0.05, 0.1) is 6.42 Å². The van der Waals surface area contributed by atoms with E-state index in [0.717, 1.165) is 16.9 Å². The number of hydrogen-bond acceptors (Lipinski definition) is 4. The van der Waals surface area contributed by atoms with Gasteiger partial charge in [-0.25, -0.2) is 8.42 Å². The third-order valence-electron chi connectivity index (χ3n) is 3.27. The molecule has 0 aliphatic rings. The first kappa shape index (κ1) is 18.5. The van der Waals surface area contributed by atoms with Crippen molar-refractivity contribution in [1.29, 1.82) is 0 Å². The molecule has 0 saturated carbocycles. The zero-order chi connectivity index (χ0) is 17.7. The van der Waals surface area contributed by atoms with E-state index in [0.29, 0.717) is 9.90 Å². The van der Waals surface area contributed by atoms with Gasteiger partial charge < -0.3 is 5.32 Å². The maximum absolute atomic E-state index is 12.4. The number of rotatable bonds is 7. The molecular formula is C17H22N2O3S2. The SMILES string of the molecule is CCc1ccc(S(=O)(=O)Nc2ccc(CC(=O)NC(C)C)cc2)s1. The Balaban J connectivity index is 2.04. The number of carbonyl (C=O) groups excluding carboxylic acids is 1. The van der Waals surface area contributed by atoms with E-state index in [1.54, 1.807) is 30.3 Å². The van der Waals surface area contributed by atoms with Crippen molar-refractivity contribution in [3.05, 3.63) is 46.8 Å². The van der Waals surface area contributed by atoms with E-state index >= 15 is 0 Å². The van der Waals surface area contributed by atoms with Crippen LogP contribution >= 0.6 is 11.3 Å². The molecule has 7 heteroatoms. The van der Waals surface area contributed by atoms with E-state index < -0.39 is 10.0 Å². The Labute approximate surface area is 147 Å². The zero-order valence-corrected chi connectivity index (χ0v) is 15.6. The average molecular weight is 367 g/mol. The molecule has 1 heterocycles. The summed E-state index contributed by atoms with van der Waals surface area (Å²) < 4.78 is 27.6. The second kappa shape index (κ2) is 7.81. The number of benzene rings is 1. The number of hydrogen-bond donors (Lipinski definition) is 2. The van der Waals surface area contributed by atoms with Gasteiger partial charge in [0.2, 0.25) is 5.91 Å². The van der Waals surface area contributed by atoms with Gasteiger partial charge >= 0.3 is 0 Å². The molecule has 1 aromatic heterocycles. The second-order valence-corrected chi connectivity index (χ2v) is 8.85. The lowest BCUT2D eigenvalue weighted by molar-refractivity contribution is -0.120. The summed E-state index contributed by atoms with van der Waals surface area (Å²) in [4.78, 5) is 12.8. The van der Waals surface area contributed by atoms with Gasteiger partial charge in [0, 0.05) is 16.6 Å². The third-order valence-corrected chi connectivity index (χ3v) is 6.37. The Hall–Kier alpha value is -1.86. The van der Waals surface area contributed by atoms with Crippen molar-refractivity contribution in [2.75, 3.05) is 4.72 Å². The van der Waals surface area contributed by atoms with Crippen LogP contribution in [0.4, 0.5) is 5.69 Å². The highest BCUT2D eigenvalue weighted by Crippen LogP contribution is 2.24. The fraction of sp³-hybridized carbons (Fsp3) is 0.353. The van der Waals surface area contributed by atoms with Gasteiger partial charge in [-0.3, -0.25) is 9.52 Å². The minimum atomic E-state index is -3.57. The lowest BCUT2D eigenvalue weighted by atomic mass is 10.1. The van der Waals surface area contributed by atoms with E-state index in [9.17, 15) is 13.2 Å². The number of thiophene rings is 1. The standard InChI is InChI=1S/C17H22N2O3S2/c1-4-15-9-10-17(23-15)24(21,22)19-14-7-5-13(6-8-14)11-16(20)18-12(2)3/h5-10,12,19H,4,11H2,1-3H3,(H,18,20). The highest BCUT2D eigenvalue weighted by atomic mass is 32.2. The van der Waals surface area contributed by atoms with Crippen LogP contribution < -0.4 is 10.0 Å². The van der Waals surface area contributed by atoms with E-state index in [2.05, 4.69) is 10.0 Å². The Morgan fingerprint density at radius 1 is 1.12 bits per heavy atom. The van der Waals surface area contributed by atoms with Crippen molar-refractivity contribution in [3.63, 3.8) is 0 Å². The van der Waals surface area contributed by atoms with Crippen molar-refractivity contribution in [1.82, 2.24) is 5.32 Å². The van der Waals surface area contributed by atoms with Crippen LogP contribution in [0.2, 0.25) is 0 Å². The molecule has 5 nitrogen and oxygen atoms in total. The predicted octanol–water partition coefficient (Wildman–Crippen LogP) is 3.18. The van der Waals surface area contributed by atoms with Gasteiger partial charge in [-0.1, -0.05) is 19.1 Å². The lowest BCUT2D eigenvalue weighted by Crippen LogP contribution is -2.31. The molecule has 1 amide bonds. The number of nitrogens with one attached hydrogen (secondary N) is 2. The highest BCUT2D eigenvalue weighted by molar-refractivity contribution is 7.94. The van der Waals surface area contributed by atoms with Crippen molar-refractivity contribution in [2.24, 2.45) is 0 Å². The lowest BCUT2D eigenvalue weighted by Gasteiger charge is -2.09. The zero-order valence-electron chi connectivity index (χ0n) is 14.0. The molecule has 130 valence electrons. The Kier molecular flexibility index (Phi) is 6.01. The highest BCUT2D eigenvalue weighted by Gasteiger charge is 2.16. The van der Waals surface area contributed by atoms with Crippen LogP contribution in [0, 0.1) is 0 Å². The van der Waals surface area contributed by atoms with Crippen LogP contribution in [0.3, 0.4) is 0 Å². The van der Waals surface area contributed by atoms with E-state index in [1.807, 2.05) is 26.8 Å². The smallest absolute Gasteiger partial charge is 0.271 e. The number of sulfonamides is 1. The van der Waals surface area contributed by atoms with E-state index in [-0.39, 0.29) is 18.4 Å². The minimum absolute atomic E-state index is 0.0518. The number of anilines is 1. The van der Waals surface area contributed by atoms with Crippen LogP contribution in [0.5, 0.6) is 0 Å². The van der Waals surface area contributed by atoms with Gasteiger partial charge in [0.1, 0.15) is 4.21 Å². The summed E-state index contributed by atoms with van der Waals surface area (Å²) in [6.07, 6.45) is 1.09. The fourth-order valence-electron chi connectivity index (χ4n) is 2.15. The number of aryl methyl sites for hydroxylation is 1. The maximum Gasteiger partial charge on any atom is 0.271 e. The topological polar surface area (TPSA) is 75.3 Å². The molecule has 2 N–H and O–H groups in total. The van der Waals surface area contributed by atoms with Crippen LogP contribution in [0.1, 0.15) is 31.2 Å². The molecule has 0 aliphatic carbocycles. The predicted molar refractivity (Wildman–Crippen MR) is 97.9 cm³/mol. The monoisotopic (exact) mass is 366 g/mol. The first-order valence-corrected chi connectivity index (χ1v) is 10.1. The van der Waals surface area contributed by atoms with Crippen LogP contribution in [-0.2, 0) is 27.7 Å². The third kappa shape index (κ3) is 5.07. The van der Waals surface area contributed by atoms with Gasteiger partial charge in [-0.2, -0.15) is 0 Å². The molecule has 2 aromatic rings. The Morgan fingerprint density at radius 3 is 2.33 bits per heavy atom. The number of amides is 1. The Bertz CT molecular complexity index is 793. The molecule has 0 unspecified atom stereocenters. The van der Waals surface area contributed by atoms with Crippen LogP contribution in [0.25, 0.3) is 0 Å². The second-order valence-electron chi connectivity index (χ2n) is 5.78. The first-order valence-electron chi connectivity index (χ1n) is 7.80. The van der Waals surface area contributed by atoms with Crippen molar-refractivity contribution >= 4 is 33.0 Å². The first-order chi connectivity index (χ1) is 11.3. The normalized spacial score (nSPS) is 11.5. The van der Waals surface area contributed by atoms with Gasteiger partial charge in [0.25, 0.3) is 10.0 Å². The summed E-state index contributed by atoms with van der Waals surface area (Å²) in [5.74, 6) is -0.0518. The van der Waals surface area contributed by atoms with E-state index in [1.165, 1.54) is 11.3 Å². The summed E-state index contributed by atoms with van der Waals surface area (Å²) in [5.41, 5.74) is 1.31. The van der Waals surface area contributed by atoms with Gasteiger partial charge in [0.15, 0.2) is 0 Å².